The number of carbonyl (C=O) groups is 6. The summed E-state index contributed by atoms with van der Waals surface area (Å²) < 4.78 is 26.9. The number of rotatable bonds is 16. The van der Waals surface area contributed by atoms with Crippen LogP contribution in [0.4, 0.5) is 11.4 Å². The number of halogens is 2. The number of imide groups is 2. The minimum Gasteiger partial charge on any atom is -0.385 e. The third-order valence-electron chi connectivity index (χ3n) is 11.2. The molecule has 1 aromatic heterocycles. The summed E-state index contributed by atoms with van der Waals surface area (Å²) in [4.78, 5) is 80.4. The van der Waals surface area contributed by atoms with Crippen LogP contribution < -0.4 is 21.3 Å². The molecule has 3 aliphatic heterocycles. The molecule has 1 atom stereocenters. The fourth-order valence-corrected chi connectivity index (χ4v) is 10.0. The van der Waals surface area contributed by atoms with Crippen LogP contribution in [0, 0.1) is 13.8 Å². The van der Waals surface area contributed by atoms with E-state index >= 15 is 0 Å². The van der Waals surface area contributed by atoms with E-state index in [9.17, 15) is 37.2 Å². The summed E-state index contributed by atoms with van der Waals surface area (Å²) in [5.74, 6) is -3.17. The van der Waals surface area contributed by atoms with E-state index in [1.807, 2.05) is 0 Å². The number of fused-ring (bicyclic) bond motifs is 2. The summed E-state index contributed by atoms with van der Waals surface area (Å²) in [5.41, 5.74) is 4.95. The second-order valence-electron chi connectivity index (χ2n) is 15.4. The van der Waals surface area contributed by atoms with Crippen LogP contribution in [-0.4, -0.2) is 72.9 Å². The molecule has 4 heterocycles. The molecule has 17 heteroatoms. The zero-order valence-corrected chi connectivity index (χ0v) is 35.8. The maximum atomic E-state index is 13.4. The number of amides is 6. The quantitative estimate of drug-likeness (QED) is 0.0447. The number of hydrogen-bond donors (Lipinski definition) is 5. The number of H-pyrrole nitrogens is 1. The first kappa shape index (κ1) is 43.3. The first-order valence-electron chi connectivity index (χ1n) is 20.0. The van der Waals surface area contributed by atoms with Crippen molar-refractivity contribution in [1.29, 1.82) is 0 Å². The van der Waals surface area contributed by atoms with Crippen molar-refractivity contribution >= 4 is 91.5 Å². The molecule has 318 valence electrons. The van der Waals surface area contributed by atoms with E-state index in [0.29, 0.717) is 58.1 Å². The topological polar surface area (TPSA) is 204 Å². The molecule has 1 saturated heterocycles. The zero-order chi connectivity index (χ0) is 43.6. The number of carbonyl (C=O) groups excluding carboxylic acids is 6. The third kappa shape index (κ3) is 9.14. The first-order chi connectivity index (χ1) is 29.1. The number of aromatic nitrogens is 1. The molecule has 5 N–H and O–H groups in total. The number of nitrogens with one attached hydrogen (secondary N) is 5. The zero-order valence-electron chi connectivity index (χ0n) is 33.5. The van der Waals surface area contributed by atoms with Crippen LogP contribution in [-0.2, 0) is 30.0 Å². The predicted molar refractivity (Wildman–Crippen MR) is 232 cm³/mol. The van der Waals surface area contributed by atoms with Crippen LogP contribution in [0.1, 0.15) is 111 Å². The van der Waals surface area contributed by atoms with E-state index in [-0.39, 0.29) is 50.4 Å². The van der Waals surface area contributed by atoms with E-state index < -0.39 is 51.2 Å². The fraction of sp³-hybridized carbons (Fsp3) is 0.318. The Morgan fingerprint density at radius 1 is 0.836 bits per heavy atom. The molecule has 0 radical (unpaired) electrons. The highest BCUT2D eigenvalue weighted by atomic mass is 35.5. The molecule has 6 amide bonds. The monoisotopic (exact) mass is 886 g/mol. The van der Waals surface area contributed by atoms with Crippen molar-refractivity contribution in [2.75, 3.05) is 23.7 Å². The minimum atomic E-state index is -3.89. The highest BCUT2D eigenvalue weighted by Gasteiger charge is 2.44. The van der Waals surface area contributed by atoms with Crippen molar-refractivity contribution in [2.45, 2.75) is 81.9 Å². The molecule has 0 saturated carbocycles. The van der Waals surface area contributed by atoms with Gasteiger partial charge in [-0.2, -0.15) is 0 Å². The molecule has 0 bridgehead atoms. The Balaban J connectivity index is 0.852. The van der Waals surface area contributed by atoms with Gasteiger partial charge in [0.1, 0.15) is 6.04 Å². The number of piperidine rings is 1. The summed E-state index contributed by atoms with van der Waals surface area (Å²) in [7, 11) is -3.89. The standard InChI is InChI=1S/C44H44Cl2N6O8S/c1-24-36(22-30-29-21-27(13-15-35(29)50-40(30)54)61(59,60)23-32-33(45)10-9-11-34(32)46)49-25(2)39(24)42(56)48-19-8-6-4-3-5-7-18-47-26-12-14-28-31(20-26)44(58)52(43(28)57)37-16-17-38(53)51-41(37)55/h9-15,20-22,37,47,49H,3-8,16-19,23H2,1-2H3,(H,48,56)(H,50,54)(H,51,53,55)/b30-22-. The lowest BCUT2D eigenvalue weighted by atomic mass is 10.0. The van der Waals surface area contributed by atoms with Crippen molar-refractivity contribution in [3.05, 3.63) is 109 Å². The van der Waals surface area contributed by atoms with Crippen LogP contribution in [0.2, 0.25) is 10.0 Å². The van der Waals surface area contributed by atoms with E-state index in [1.54, 1.807) is 62.4 Å². The molecule has 0 aliphatic carbocycles. The van der Waals surface area contributed by atoms with Crippen molar-refractivity contribution in [2.24, 2.45) is 0 Å². The van der Waals surface area contributed by atoms with Crippen LogP contribution >= 0.6 is 23.2 Å². The summed E-state index contributed by atoms with van der Waals surface area (Å²) >= 11 is 12.5. The highest BCUT2D eigenvalue weighted by Crippen LogP contribution is 2.37. The van der Waals surface area contributed by atoms with Crippen LogP contribution in [0.3, 0.4) is 0 Å². The van der Waals surface area contributed by atoms with E-state index in [0.717, 1.165) is 43.4 Å². The van der Waals surface area contributed by atoms with Gasteiger partial charge in [-0.15, -0.1) is 0 Å². The smallest absolute Gasteiger partial charge is 0.262 e. The predicted octanol–water partition coefficient (Wildman–Crippen LogP) is 6.99. The van der Waals surface area contributed by atoms with E-state index in [1.165, 1.54) is 12.1 Å². The summed E-state index contributed by atoms with van der Waals surface area (Å²) in [6, 6.07) is 13.2. The number of aryl methyl sites for hydroxylation is 1. The number of benzene rings is 3. The fourth-order valence-electron chi connectivity index (χ4n) is 7.91. The first-order valence-corrected chi connectivity index (χ1v) is 22.5. The number of aromatic amines is 1. The van der Waals surface area contributed by atoms with E-state index in [4.69, 9.17) is 23.2 Å². The number of unbranched alkanes of at least 4 members (excludes halogenated alkanes) is 5. The average Bonchev–Trinajstić information content (AvgIpc) is 3.78. The Kier molecular flexibility index (Phi) is 12.8. The van der Waals surface area contributed by atoms with Gasteiger partial charge in [-0.25, -0.2) is 8.42 Å². The minimum absolute atomic E-state index is 0.0100. The largest absolute Gasteiger partial charge is 0.385 e. The molecular formula is C44H44Cl2N6O8S. The molecule has 0 spiro atoms. The van der Waals surface area contributed by atoms with Crippen molar-refractivity contribution < 1.29 is 37.2 Å². The average molecular weight is 888 g/mol. The van der Waals surface area contributed by atoms with E-state index in [2.05, 4.69) is 26.3 Å². The SMILES string of the molecule is Cc1[nH]c(/C=C2\C(=O)Nc3ccc(S(=O)(=O)Cc4c(Cl)cccc4Cl)cc32)c(C)c1C(=O)NCCCCCCCCNc1ccc2c(c1)C(=O)N(C1CCC(=O)NC1=O)C2=O. The van der Waals surface area contributed by atoms with Gasteiger partial charge >= 0.3 is 0 Å². The molecule has 4 aromatic rings. The molecule has 61 heavy (non-hydrogen) atoms. The normalized spacial score (nSPS) is 16.8. The van der Waals surface area contributed by atoms with Crippen molar-refractivity contribution in [3.8, 4) is 0 Å². The Morgan fingerprint density at radius 2 is 1.52 bits per heavy atom. The molecule has 14 nitrogen and oxygen atoms in total. The second kappa shape index (κ2) is 18.1. The van der Waals surface area contributed by atoms with Gasteiger partial charge in [0.25, 0.3) is 23.6 Å². The molecule has 1 fully saturated rings. The maximum Gasteiger partial charge on any atom is 0.262 e. The van der Waals surface area contributed by atoms with Gasteiger partial charge in [0.15, 0.2) is 9.84 Å². The summed E-state index contributed by atoms with van der Waals surface area (Å²) in [5, 5.41) is 11.8. The maximum absolute atomic E-state index is 13.4. The second-order valence-corrected chi connectivity index (χ2v) is 18.2. The van der Waals surface area contributed by atoms with Crippen LogP contribution in [0.25, 0.3) is 11.6 Å². The Bertz CT molecular complexity index is 2620. The van der Waals surface area contributed by atoms with Gasteiger partial charge in [-0.05, 0) is 93.3 Å². The number of anilines is 2. The highest BCUT2D eigenvalue weighted by molar-refractivity contribution is 7.90. The van der Waals surface area contributed by atoms with Gasteiger partial charge in [0, 0.05) is 63.4 Å². The molecule has 1 unspecified atom stereocenters. The lowest BCUT2D eigenvalue weighted by Crippen LogP contribution is -2.54. The summed E-state index contributed by atoms with van der Waals surface area (Å²) in [6.07, 6.45) is 7.38. The van der Waals surface area contributed by atoms with Gasteiger partial charge < -0.3 is 20.9 Å². The van der Waals surface area contributed by atoms with Gasteiger partial charge in [-0.3, -0.25) is 39.0 Å². The summed E-state index contributed by atoms with van der Waals surface area (Å²) in [6.45, 7) is 4.74. The van der Waals surface area contributed by atoms with Crippen molar-refractivity contribution in [1.82, 2.24) is 20.5 Å². The molecule has 3 aromatic carbocycles. The lowest BCUT2D eigenvalue weighted by Gasteiger charge is -2.27. The van der Waals surface area contributed by atoms with Crippen LogP contribution in [0.15, 0.2) is 59.5 Å². The Labute approximate surface area is 362 Å². The molecular weight excluding hydrogens is 843 g/mol. The Morgan fingerprint density at radius 3 is 2.25 bits per heavy atom. The van der Waals surface area contributed by atoms with Crippen LogP contribution in [0.5, 0.6) is 0 Å². The number of nitrogens with zero attached hydrogens (tertiary/aromatic N) is 1. The Hall–Kier alpha value is -5.77. The van der Waals surface area contributed by atoms with Gasteiger partial charge in [0.2, 0.25) is 11.8 Å². The third-order valence-corrected chi connectivity index (χ3v) is 13.5. The number of hydrogen-bond acceptors (Lipinski definition) is 9. The molecule has 3 aliphatic rings. The van der Waals surface area contributed by atoms with Crippen molar-refractivity contribution in [3.63, 3.8) is 0 Å². The van der Waals surface area contributed by atoms with Gasteiger partial charge in [0.05, 0.1) is 32.9 Å². The lowest BCUT2D eigenvalue weighted by molar-refractivity contribution is -0.136. The molecule has 7 rings (SSSR count). The van der Waals surface area contributed by atoms with Gasteiger partial charge in [-0.1, -0.05) is 55.0 Å². The number of sulfone groups is 1.